The number of anilines is 1. The first-order valence-corrected chi connectivity index (χ1v) is 7.10. The van der Waals surface area contributed by atoms with E-state index in [0.29, 0.717) is 13.0 Å². The maximum Gasteiger partial charge on any atom is 0.410 e. The molecule has 0 aromatic carbocycles. The number of hydrogen-bond acceptors (Lipinski definition) is 4. The van der Waals surface area contributed by atoms with Gasteiger partial charge in [-0.1, -0.05) is 0 Å². The van der Waals surface area contributed by atoms with Gasteiger partial charge in [0.05, 0.1) is 18.4 Å². The maximum absolute atomic E-state index is 13.9. The fourth-order valence-electron chi connectivity index (χ4n) is 2.35. The molecule has 6 nitrogen and oxygen atoms in total. The second-order valence-corrected chi connectivity index (χ2v) is 6.46. The molecule has 1 aromatic rings. The SMILES string of the molecule is Cn1cc(N[C@@H]2C[C@H](F)CN(C(=O)OC(C)(C)C)C2)cn1. The fraction of sp³-hybridized carbons (Fsp3) is 0.714. The molecule has 0 unspecified atom stereocenters. The van der Waals surface area contributed by atoms with Crippen molar-refractivity contribution in [1.29, 1.82) is 0 Å². The minimum absolute atomic E-state index is 0.0835. The molecule has 1 amide bonds. The van der Waals surface area contributed by atoms with Crippen LogP contribution < -0.4 is 5.32 Å². The monoisotopic (exact) mass is 298 g/mol. The second-order valence-electron chi connectivity index (χ2n) is 6.46. The Bertz CT molecular complexity index is 497. The van der Waals surface area contributed by atoms with Gasteiger partial charge in [0.1, 0.15) is 11.8 Å². The highest BCUT2D eigenvalue weighted by atomic mass is 19.1. The molecular formula is C14H23FN4O2. The number of nitrogens with one attached hydrogen (secondary N) is 1. The number of nitrogens with zero attached hydrogens (tertiary/aromatic N) is 3. The predicted molar refractivity (Wildman–Crippen MR) is 77.9 cm³/mol. The van der Waals surface area contributed by atoms with E-state index in [1.807, 2.05) is 13.2 Å². The molecule has 1 saturated heterocycles. The van der Waals surface area contributed by atoms with Crippen LogP contribution >= 0.6 is 0 Å². The van der Waals surface area contributed by atoms with Crippen LogP contribution in [0.15, 0.2) is 12.4 Å². The highest BCUT2D eigenvalue weighted by molar-refractivity contribution is 5.68. The van der Waals surface area contributed by atoms with Gasteiger partial charge in [0.15, 0.2) is 0 Å². The van der Waals surface area contributed by atoms with Gasteiger partial charge in [-0.2, -0.15) is 5.10 Å². The Balaban J connectivity index is 1.97. The number of aryl methyl sites for hydroxylation is 1. The van der Waals surface area contributed by atoms with Crippen molar-refractivity contribution in [3.05, 3.63) is 12.4 Å². The van der Waals surface area contributed by atoms with Gasteiger partial charge in [-0.25, -0.2) is 9.18 Å². The summed E-state index contributed by atoms with van der Waals surface area (Å²) in [5, 5.41) is 7.27. The Hall–Kier alpha value is -1.79. The summed E-state index contributed by atoms with van der Waals surface area (Å²) in [5.74, 6) is 0. The number of likely N-dealkylation sites (tertiary alicyclic amines) is 1. The van der Waals surface area contributed by atoms with E-state index >= 15 is 0 Å². The summed E-state index contributed by atoms with van der Waals surface area (Å²) in [4.78, 5) is 13.5. The van der Waals surface area contributed by atoms with Crippen molar-refractivity contribution in [3.63, 3.8) is 0 Å². The third-order valence-corrected chi connectivity index (χ3v) is 3.13. The van der Waals surface area contributed by atoms with E-state index in [0.717, 1.165) is 5.69 Å². The summed E-state index contributed by atoms with van der Waals surface area (Å²) < 4.78 is 20.8. The number of carbonyl (C=O) groups excluding carboxylic acids is 1. The fourth-order valence-corrected chi connectivity index (χ4v) is 2.35. The quantitative estimate of drug-likeness (QED) is 0.909. The smallest absolute Gasteiger partial charge is 0.410 e. The van der Waals surface area contributed by atoms with Crippen LogP contribution in [0.5, 0.6) is 0 Å². The average molecular weight is 298 g/mol. The van der Waals surface area contributed by atoms with Gasteiger partial charge in [0.25, 0.3) is 0 Å². The molecule has 0 spiro atoms. The number of carbonyl (C=O) groups is 1. The predicted octanol–water partition coefficient (Wildman–Crippen LogP) is 2.18. The molecule has 0 saturated carbocycles. The zero-order valence-corrected chi connectivity index (χ0v) is 13.0. The first-order chi connectivity index (χ1) is 9.73. The molecule has 118 valence electrons. The van der Waals surface area contributed by atoms with E-state index in [9.17, 15) is 9.18 Å². The molecule has 1 aromatic heterocycles. The number of halogens is 1. The lowest BCUT2D eigenvalue weighted by Gasteiger charge is -2.36. The molecular weight excluding hydrogens is 275 g/mol. The summed E-state index contributed by atoms with van der Waals surface area (Å²) in [6.45, 7) is 5.90. The Kier molecular flexibility index (Phi) is 4.39. The zero-order chi connectivity index (χ0) is 15.6. The average Bonchev–Trinajstić information content (AvgIpc) is 2.71. The van der Waals surface area contributed by atoms with Crippen molar-refractivity contribution in [2.24, 2.45) is 7.05 Å². The van der Waals surface area contributed by atoms with Crippen molar-refractivity contribution in [2.75, 3.05) is 18.4 Å². The summed E-state index contributed by atoms with van der Waals surface area (Å²) in [7, 11) is 1.82. The molecule has 2 rings (SSSR count). The molecule has 1 aliphatic heterocycles. The molecule has 21 heavy (non-hydrogen) atoms. The lowest BCUT2D eigenvalue weighted by Crippen LogP contribution is -2.51. The Labute approximate surface area is 124 Å². The lowest BCUT2D eigenvalue weighted by atomic mass is 10.0. The molecule has 2 atom stereocenters. The van der Waals surface area contributed by atoms with Crippen molar-refractivity contribution in [2.45, 2.75) is 45.0 Å². The lowest BCUT2D eigenvalue weighted by molar-refractivity contribution is 0.0124. The molecule has 1 aliphatic rings. The van der Waals surface area contributed by atoms with Crippen molar-refractivity contribution >= 4 is 11.8 Å². The van der Waals surface area contributed by atoms with Crippen LogP contribution in [-0.4, -0.2) is 51.7 Å². The third-order valence-electron chi connectivity index (χ3n) is 3.13. The van der Waals surface area contributed by atoms with Crippen LogP contribution in [0.3, 0.4) is 0 Å². The minimum atomic E-state index is -1.06. The van der Waals surface area contributed by atoms with Crippen molar-refractivity contribution < 1.29 is 13.9 Å². The van der Waals surface area contributed by atoms with Crippen LogP contribution in [0, 0.1) is 0 Å². The molecule has 1 fully saturated rings. The van der Waals surface area contributed by atoms with Gasteiger partial charge in [-0.15, -0.1) is 0 Å². The molecule has 0 radical (unpaired) electrons. The Morgan fingerprint density at radius 1 is 1.48 bits per heavy atom. The van der Waals surface area contributed by atoms with Gasteiger partial charge >= 0.3 is 6.09 Å². The van der Waals surface area contributed by atoms with Crippen LogP contribution in [-0.2, 0) is 11.8 Å². The Morgan fingerprint density at radius 3 is 2.76 bits per heavy atom. The van der Waals surface area contributed by atoms with Gasteiger partial charge in [-0.05, 0) is 20.8 Å². The minimum Gasteiger partial charge on any atom is -0.444 e. The number of ether oxygens (including phenoxy) is 1. The van der Waals surface area contributed by atoms with Crippen LogP contribution in [0.2, 0.25) is 0 Å². The number of amides is 1. The van der Waals surface area contributed by atoms with Crippen LogP contribution in [0.1, 0.15) is 27.2 Å². The topological polar surface area (TPSA) is 59.4 Å². The number of hydrogen-bond donors (Lipinski definition) is 1. The van der Waals surface area contributed by atoms with Gasteiger partial charge in [0, 0.05) is 32.3 Å². The van der Waals surface area contributed by atoms with Crippen LogP contribution in [0.25, 0.3) is 0 Å². The zero-order valence-electron chi connectivity index (χ0n) is 13.0. The van der Waals surface area contributed by atoms with E-state index in [1.54, 1.807) is 31.6 Å². The standard InChI is InChI=1S/C14H23FN4O2/c1-14(2,3)21-13(20)19-7-10(15)5-11(9-19)17-12-6-16-18(4)8-12/h6,8,10-11,17H,5,7,9H2,1-4H3/t10-,11+/m0/s1. The van der Waals surface area contributed by atoms with Gasteiger partial charge in [0.2, 0.25) is 0 Å². The number of aromatic nitrogens is 2. The number of rotatable bonds is 2. The highest BCUT2D eigenvalue weighted by Crippen LogP contribution is 2.20. The molecule has 0 aliphatic carbocycles. The van der Waals surface area contributed by atoms with Crippen LogP contribution in [0.4, 0.5) is 14.9 Å². The summed E-state index contributed by atoms with van der Waals surface area (Å²) in [5.41, 5.74) is 0.243. The second kappa shape index (κ2) is 5.91. The summed E-state index contributed by atoms with van der Waals surface area (Å²) >= 11 is 0. The number of alkyl halides is 1. The first-order valence-electron chi connectivity index (χ1n) is 7.10. The normalized spacial score (nSPS) is 23.0. The highest BCUT2D eigenvalue weighted by Gasteiger charge is 2.32. The molecule has 7 heteroatoms. The number of piperidine rings is 1. The molecule has 2 heterocycles. The van der Waals surface area contributed by atoms with Gasteiger partial charge < -0.3 is 15.0 Å². The Morgan fingerprint density at radius 2 is 2.19 bits per heavy atom. The van der Waals surface area contributed by atoms with E-state index in [4.69, 9.17) is 4.74 Å². The molecule has 0 bridgehead atoms. The van der Waals surface area contributed by atoms with E-state index in [1.165, 1.54) is 4.90 Å². The van der Waals surface area contributed by atoms with Crippen molar-refractivity contribution in [3.8, 4) is 0 Å². The third kappa shape index (κ3) is 4.61. The van der Waals surface area contributed by atoms with Crippen molar-refractivity contribution in [1.82, 2.24) is 14.7 Å². The molecule has 1 N–H and O–H groups in total. The first kappa shape index (κ1) is 15.6. The summed E-state index contributed by atoms with van der Waals surface area (Å²) in [6.07, 6.45) is 2.34. The maximum atomic E-state index is 13.9. The van der Waals surface area contributed by atoms with Gasteiger partial charge in [-0.3, -0.25) is 4.68 Å². The van der Waals surface area contributed by atoms with E-state index in [-0.39, 0.29) is 12.6 Å². The van der Waals surface area contributed by atoms with E-state index < -0.39 is 17.9 Å². The van der Waals surface area contributed by atoms with E-state index in [2.05, 4.69) is 10.4 Å². The summed E-state index contributed by atoms with van der Waals surface area (Å²) in [6, 6.07) is -0.148. The largest absolute Gasteiger partial charge is 0.444 e.